The number of aromatic nitrogens is 6. The Kier molecular flexibility index (Phi) is 4.06. The third kappa shape index (κ3) is 3.34. The van der Waals surface area contributed by atoms with Crippen LogP contribution >= 0.6 is 11.8 Å². The van der Waals surface area contributed by atoms with Gasteiger partial charge >= 0.3 is 0 Å². The molecule has 1 aromatic carbocycles. The molecule has 2 heterocycles. The summed E-state index contributed by atoms with van der Waals surface area (Å²) in [5, 5.41) is 7.76. The van der Waals surface area contributed by atoms with Crippen LogP contribution in [0.1, 0.15) is 6.92 Å². The van der Waals surface area contributed by atoms with E-state index in [-0.39, 0.29) is 0 Å². The Morgan fingerprint density at radius 1 is 1.14 bits per heavy atom. The number of benzene rings is 1. The Bertz CT molecular complexity index is 700. The summed E-state index contributed by atoms with van der Waals surface area (Å²) in [5.41, 5.74) is 0. The normalized spacial score (nSPS) is 10.5. The van der Waals surface area contributed by atoms with Crippen LogP contribution in [0.4, 0.5) is 5.95 Å². The first-order valence-electron chi connectivity index (χ1n) is 6.43. The molecule has 3 rings (SSSR count). The van der Waals surface area contributed by atoms with Gasteiger partial charge in [0.2, 0.25) is 5.95 Å². The SMILES string of the molecule is CCNc1nc(Sc2ccccc2)nc(-n2cncn2)n1. The fraction of sp³-hybridized carbons (Fsp3) is 0.154. The molecule has 0 saturated heterocycles. The maximum atomic E-state index is 4.41. The standard InChI is InChI=1S/C13H13N7S/c1-2-15-11-17-12(20-9-14-8-16-20)19-13(18-11)21-10-6-4-3-5-7-10/h3-9H,2H2,1H3,(H,15,17,18,19). The van der Waals surface area contributed by atoms with E-state index in [1.165, 1.54) is 22.8 Å². The van der Waals surface area contributed by atoms with E-state index in [0.717, 1.165) is 11.4 Å². The van der Waals surface area contributed by atoms with Gasteiger partial charge in [0, 0.05) is 11.4 Å². The number of hydrogen-bond donors (Lipinski definition) is 1. The van der Waals surface area contributed by atoms with Crippen LogP contribution in [0.3, 0.4) is 0 Å². The summed E-state index contributed by atoms with van der Waals surface area (Å²) in [7, 11) is 0. The molecule has 0 aliphatic rings. The highest BCUT2D eigenvalue weighted by molar-refractivity contribution is 7.99. The van der Waals surface area contributed by atoms with Crippen LogP contribution < -0.4 is 5.32 Å². The van der Waals surface area contributed by atoms with Crippen molar-refractivity contribution in [2.45, 2.75) is 17.0 Å². The van der Waals surface area contributed by atoms with Crippen molar-refractivity contribution in [2.24, 2.45) is 0 Å². The lowest BCUT2D eigenvalue weighted by Gasteiger charge is -2.07. The fourth-order valence-electron chi connectivity index (χ4n) is 1.64. The van der Waals surface area contributed by atoms with Gasteiger partial charge < -0.3 is 5.32 Å². The molecule has 1 N–H and O–H groups in total. The molecule has 0 atom stereocenters. The molecular formula is C13H13N7S. The molecule has 0 fully saturated rings. The number of rotatable bonds is 5. The predicted molar refractivity (Wildman–Crippen MR) is 79.5 cm³/mol. The van der Waals surface area contributed by atoms with Crippen molar-refractivity contribution in [3.8, 4) is 5.95 Å². The van der Waals surface area contributed by atoms with Crippen molar-refractivity contribution in [3.05, 3.63) is 43.0 Å². The van der Waals surface area contributed by atoms with Gasteiger partial charge in [-0.05, 0) is 30.8 Å². The minimum absolute atomic E-state index is 0.442. The van der Waals surface area contributed by atoms with Gasteiger partial charge in [-0.1, -0.05) is 18.2 Å². The van der Waals surface area contributed by atoms with Gasteiger partial charge in [0.1, 0.15) is 12.7 Å². The summed E-state index contributed by atoms with van der Waals surface area (Å²) in [6.07, 6.45) is 3.00. The number of hydrogen-bond acceptors (Lipinski definition) is 7. The van der Waals surface area contributed by atoms with Crippen molar-refractivity contribution in [1.82, 2.24) is 29.7 Å². The maximum absolute atomic E-state index is 4.41. The van der Waals surface area contributed by atoms with E-state index in [4.69, 9.17) is 0 Å². The Morgan fingerprint density at radius 2 is 2.00 bits per heavy atom. The van der Waals surface area contributed by atoms with Crippen molar-refractivity contribution in [1.29, 1.82) is 0 Å². The van der Waals surface area contributed by atoms with E-state index in [0.29, 0.717) is 17.1 Å². The second-order valence-corrected chi connectivity index (χ2v) is 5.07. The number of anilines is 1. The average molecular weight is 299 g/mol. The summed E-state index contributed by atoms with van der Waals surface area (Å²) in [4.78, 5) is 18.1. The highest BCUT2D eigenvalue weighted by atomic mass is 32.2. The molecular weight excluding hydrogens is 286 g/mol. The molecule has 0 bridgehead atoms. The summed E-state index contributed by atoms with van der Waals surface area (Å²) in [6, 6.07) is 9.95. The van der Waals surface area contributed by atoms with Crippen LogP contribution in [0.2, 0.25) is 0 Å². The van der Waals surface area contributed by atoms with E-state index in [2.05, 4.69) is 30.4 Å². The summed E-state index contributed by atoms with van der Waals surface area (Å²) in [5.74, 6) is 0.966. The minimum atomic E-state index is 0.442. The molecule has 0 aliphatic carbocycles. The molecule has 0 unspecified atom stereocenters. The zero-order valence-corrected chi connectivity index (χ0v) is 12.2. The summed E-state index contributed by atoms with van der Waals surface area (Å²) in [6.45, 7) is 2.72. The lowest BCUT2D eigenvalue weighted by atomic mass is 10.4. The monoisotopic (exact) mass is 299 g/mol. The van der Waals surface area contributed by atoms with Gasteiger partial charge in [0.25, 0.3) is 5.95 Å². The summed E-state index contributed by atoms with van der Waals surface area (Å²) >= 11 is 1.48. The van der Waals surface area contributed by atoms with Gasteiger partial charge in [-0.15, -0.1) is 0 Å². The van der Waals surface area contributed by atoms with Crippen molar-refractivity contribution in [3.63, 3.8) is 0 Å². The minimum Gasteiger partial charge on any atom is -0.354 e. The van der Waals surface area contributed by atoms with Crippen molar-refractivity contribution in [2.75, 3.05) is 11.9 Å². The topological polar surface area (TPSA) is 81.4 Å². The van der Waals surface area contributed by atoms with Gasteiger partial charge in [-0.2, -0.15) is 24.7 Å². The molecule has 7 nitrogen and oxygen atoms in total. The molecule has 0 radical (unpaired) electrons. The van der Waals surface area contributed by atoms with Crippen LogP contribution in [-0.4, -0.2) is 36.3 Å². The molecule has 106 valence electrons. The number of nitrogens with one attached hydrogen (secondary N) is 1. The lowest BCUT2D eigenvalue weighted by Crippen LogP contribution is -2.09. The predicted octanol–water partition coefficient (Wildman–Crippen LogP) is 2.04. The molecule has 21 heavy (non-hydrogen) atoms. The molecule has 2 aromatic heterocycles. The van der Waals surface area contributed by atoms with Crippen LogP contribution in [-0.2, 0) is 0 Å². The van der Waals surface area contributed by atoms with E-state index >= 15 is 0 Å². The van der Waals surface area contributed by atoms with E-state index in [9.17, 15) is 0 Å². The zero-order valence-electron chi connectivity index (χ0n) is 11.3. The van der Waals surface area contributed by atoms with Gasteiger partial charge in [0.15, 0.2) is 5.16 Å². The van der Waals surface area contributed by atoms with Crippen molar-refractivity contribution >= 4 is 17.7 Å². The largest absolute Gasteiger partial charge is 0.354 e. The molecule has 0 amide bonds. The van der Waals surface area contributed by atoms with Crippen LogP contribution in [0.25, 0.3) is 5.95 Å². The van der Waals surface area contributed by atoms with E-state index in [1.54, 1.807) is 6.33 Å². The third-order valence-electron chi connectivity index (χ3n) is 2.51. The van der Waals surface area contributed by atoms with Crippen LogP contribution in [0.15, 0.2) is 53.0 Å². The third-order valence-corrected chi connectivity index (χ3v) is 3.39. The van der Waals surface area contributed by atoms with Gasteiger partial charge in [-0.3, -0.25) is 0 Å². The molecule has 3 aromatic rings. The average Bonchev–Trinajstić information content (AvgIpc) is 3.03. The summed E-state index contributed by atoms with van der Waals surface area (Å²) < 4.78 is 1.51. The van der Waals surface area contributed by atoms with Gasteiger partial charge in [-0.25, -0.2) is 4.98 Å². The second-order valence-electron chi connectivity index (χ2n) is 4.03. The molecule has 0 saturated carbocycles. The quantitative estimate of drug-likeness (QED) is 0.772. The molecule has 0 spiro atoms. The molecule has 0 aliphatic heterocycles. The second kappa shape index (κ2) is 6.31. The highest BCUT2D eigenvalue weighted by Crippen LogP contribution is 2.25. The Balaban J connectivity index is 1.95. The Labute approximate surface area is 125 Å². The van der Waals surface area contributed by atoms with Crippen LogP contribution in [0, 0.1) is 0 Å². The Morgan fingerprint density at radius 3 is 2.71 bits per heavy atom. The Hall–Kier alpha value is -2.48. The van der Waals surface area contributed by atoms with Gasteiger partial charge in [0.05, 0.1) is 0 Å². The fourth-order valence-corrected chi connectivity index (χ4v) is 2.40. The number of nitrogens with zero attached hydrogens (tertiary/aromatic N) is 6. The van der Waals surface area contributed by atoms with E-state index < -0.39 is 0 Å². The lowest BCUT2D eigenvalue weighted by molar-refractivity contribution is 0.759. The van der Waals surface area contributed by atoms with Crippen LogP contribution in [0.5, 0.6) is 0 Å². The molecule has 8 heteroatoms. The van der Waals surface area contributed by atoms with Crippen molar-refractivity contribution < 1.29 is 0 Å². The first-order valence-corrected chi connectivity index (χ1v) is 7.24. The maximum Gasteiger partial charge on any atom is 0.257 e. The first-order chi connectivity index (χ1) is 10.3. The zero-order chi connectivity index (χ0) is 14.5. The smallest absolute Gasteiger partial charge is 0.257 e. The first kappa shape index (κ1) is 13.5. The van der Waals surface area contributed by atoms with E-state index in [1.807, 2.05) is 37.3 Å². The highest BCUT2D eigenvalue weighted by Gasteiger charge is 2.09.